The van der Waals surface area contributed by atoms with E-state index in [2.05, 4.69) is 11.6 Å². The highest BCUT2D eigenvalue weighted by Gasteiger charge is 2.31. The van der Waals surface area contributed by atoms with Crippen LogP contribution in [0.1, 0.15) is 39.5 Å². The van der Waals surface area contributed by atoms with Crippen molar-refractivity contribution in [3.63, 3.8) is 0 Å². The molecule has 16 heavy (non-hydrogen) atoms. The highest BCUT2D eigenvalue weighted by molar-refractivity contribution is 7.90. The van der Waals surface area contributed by atoms with Gasteiger partial charge in [0.1, 0.15) is 0 Å². The van der Waals surface area contributed by atoms with E-state index < -0.39 is 21.2 Å². The number of sulfonamides is 1. The molecule has 1 aliphatic rings. The number of rotatable bonds is 4. The van der Waals surface area contributed by atoms with E-state index in [4.69, 9.17) is 5.11 Å². The Morgan fingerprint density at radius 3 is 2.56 bits per heavy atom. The average molecular weight is 249 g/mol. The van der Waals surface area contributed by atoms with Crippen LogP contribution in [0.4, 0.5) is 0 Å². The van der Waals surface area contributed by atoms with Crippen LogP contribution in [0.5, 0.6) is 0 Å². The molecule has 0 bridgehead atoms. The zero-order valence-corrected chi connectivity index (χ0v) is 10.5. The summed E-state index contributed by atoms with van der Waals surface area (Å²) in [6, 6.07) is -0.101. The van der Waals surface area contributed by atoms with E-state index >= 15 is 0 Å². The third-order valence-corrected chi connectivity index (χ3v) is 4.87. The Hall–Kier alpha value is -0.620. The third-order valence-electron chi connectivity index (χ3n) is 3.08. The van der Waals surface area contributed by atoms with Gasteiger partial charge in [0.2, 0.25) is 10.0 Å². The molecule has 94 valence electrons. The predicted molar refractivity (Wildman–Crippen MR) is 60.6 cm³/mol. The molecule has 3 unspecified atom stereocenters. The first kappa shape index (κ1) is 13.4. The molecule has 6 heteroatoms. The fraction of sp³-hybridized carbons (Fsp3) is 0.900. The molecular formula is C10H19NO4S. The molecule has 0 radical (unpaired) electrons. The van der Waals surface area contributed by atoms with Gasteiger partial charge in [-0.05, 0) is 25.7 Å². The lowest BCUT2D eigenvalue weighted by atomic mass is 9.88. The molecule has 0 aromatic carbocycles. The third kappa shape index (κ3) is 3.45. The highest BCUT2D eigenvalue weighted by atomic mass is 32.2. The van der Waals surface area contributed by atoms with Gasteiger partial charge in [-0.3, -0.25) is 4.79 Å². The first-order valence-corrected chi connectivity index (χ1v) is 7.11. The lowest BCUT2D eigenvalue weighted by Gasteiger charge is -2.27. The summed E-state index contributed by atoms with van der Waals surface area (Å²) >= 11 is 0. The van der Waals surface area contributed by atoms with Crippen LogP contribution in [-0.2, 0) is 14.8 Å². The van der Waals surface area contributed by atoms with Gasteiger partial charge < -0.3 is 5.11 Å². The summed E-state index contributed by atoms with van der Waals surface area (Å²) in [7, 11) is -3.73. The van der Waals surface area contributed by atoms with Crippen molar-refractivity contribution < 1.29 is 18.3 Å². The minimum Gasteiger partial charge on any atom is -0.480 e. The first-order valence-electron chi connectivity index (χ1n) is 5.57. The van der Waals surface area contributed by atoms with Crippen LogP contribution in [0.15, 0.2) is 0 Å². The smallest absolute Gasteiger partial charge is 0.323 e. The van der Waals surface area contributed by atoms with E-state index in [9.17, 15) is 13.2 Å². The molecule has 1 saturated carbocycles. The number of carboxylic acid groups (broad SMARTS) is 1. The van der Waals surface area contributed by atoms with Crippen molar-refractivity contribution in [1.82, 2.24) is 4.72 Å². The van der Waals surface area contributed by atoms with Gasteiger partial charge in [0.05, 0.1) is 0 Å². The van der Waals surface area contributed by atoms with Gasteiger partial charge in [-0.1, -0.05) is 19.8 Å². The Morgan fingerprint density at radius 2 is 2.06 bits per heavy atom. The SMILES string of the molecule is CC1CCCC(NS(=O)(=O)C(C)C(=O)O)C1. The monoisotopic (exact) mass is 249 g/mol. The number of carbonyl (C=O) groups is 1. The zero-order chi connectivity index (χ0) is 12.3. The van der Waals surface area contributed by atoms with Gasteiger partial charge in [-0.25, -0.2) is 13.1 Å². The molecule has 2 N–H and O–H groups in total. The molecule has 0 aromatic rings. The first-order chi connectivity index (χ1) is 7.33. The molecule has 1 aliphatic carbocycles. The van der Waals surface area contributed by atoms with Crippen molar-refractivity contribution in [2.45, 2.75) is 50.8 Å². The second-order valence-corrected chi connectivity index (χ2v) is 6.64. The molecule has 0 spiro atoms. The van der Waals surface area contributed by atoms with Gasteiger partial charge in [0.25, 0.3) is 0 Å². The molecule has 0 aliphatic heterocycles. The maximum absolute atomic E-state index is 11.7. The highest BCUT2D eigenvalue weighted by Crippen LogP contribution is 2.24. The van der Waals surface area contributed by atoms with Gasteiger partial charge in [0, 0.05) is 6.04 Å². The minimum atomic E-state index is -3.73. The summed E-state index contributed by atoms with van der Waals surface area (Å²) in [5.41, 5.74) is 0. The van der Waals surface area contributed by atoms with E-state index in [1.165, 1.54) is 6.92 Å². The van der Waals surface area contributed by atoms with Crippen LogP contribution < -0.4 is 4.72 Å². The Bertz CT molecular complexity index is 352. The van der Waals surface area contributed by atoms with Crippen LogP contribution in [0, 0.1) is 5.92 Å². The Labute approximate surface area is 96.3 Å². The molecule has 5 nitrogen and oxygen atoms in total. The molecule has 1 rings (SSSR count). The predicted octanol–water partition coefficient (Wildman–Crippen LogP) is 0.958. The lowest BCUT2D eigenvalue weighted by Crippen LogP contribution is -2.44. The minimum absolute atomic E-state index is 0.101. The summed E-state index contributed by atoms with van der Waals surface area (Å²) < 4.78 is 25.8. The van der Waals surface area contributed by atoms with Crippen molar-refractivity contribution in [1.29, 1.82) is 0 Å². The van der Waals surface area contributed by atoms with Gasteiger partial charge in [0.15, 0.2) is 5.25 Å². The van der Waals surface area contributed by atoms with E-state index in [1.807, 2.05) is 0 Å². The summed E-state index contributed by atoms with van der Waals surface area (Å²) in [6.07, 6.45) is 3.71. The number of nitrogens with one attached hydrogen (secondary N) is 1. The molecule has 1 fully saturated rings. The van der Waals surface area contributed by atoms with Crippen molar-refractivity contribution in [3.8, 4) is 0 Å². The van der Waals surface area contributed by atoms with E-state index in [0.717, 1.165) is 25.7 Å². The number of hydrogen-bond donors (Lipinski definition) is 2. The maximum Gasteiger partial charge on any atom is 0.323 e. The van der Waals surface area contributed by atoms with Crippen molar-refractivity contribution in [2.24, 2.45) is 5.92 Å². The van der Waals surface area contributed by atoms with Crippen LogP contribution in [0.25, 0.3) is 0 Å². The second kappa shape index (κ2) is 5.14. The van der Waals surface area contributed by atoms with Crippen molar-refractivity contribution >= 4 is 16.0 Å². The standard InChI is InChI=1S/C10H19NO4S/c1-7-4-3-5-9(6-7)11-16(14,15)8(2)10(12)13/h7-9,11H,3-6H2,1-2H3,(H,12,13). The van der Waals surface area contributed by atoms with Crippen molar-refractivity contribution in [2.75, 3.05) is 0 Å². The maximum atomic E-state index is 11.7. The Balaban J connectivity index is 2.62. The second-order valence-electron chi connectivity index (χ2n) is 4.61. The topological polar surface area (TPSA) is 83.5 Å². The Kier molecular flexibility index (Phi) is 4.32. The van der Waals surface area contributed by atoms with Crippen LogP contribution in [0.2, 0.25) is 0 Å². The number of hydrogen-bond acceptors (Lipinski definition) is 3. The summed E-state index contributed by atoms with van der Waals surface area (Å²) in [5, 5.41) is 7.30. The quantitative estimate of drug-likeness (QED) is 0.777. The summed E-state index contributed by atoms with van der Waals surface area (Å²) in [5.74, 6) is -0.807. The number of carboxylic acids is 1. The normalized spacial score (nSPS) is 28.6. The fourth-order valence-electron chi connectivity index (χ4n) is 2.01. The van der Waals surface area contributed by atoms with E-state index in [0.29, 0.717) is 5.92 Å². The van der Waals surface area contributed by atoms with Crippen molar-refractivity contribution in [3.05, 3.63) is 0 Å². The molecule has 0 saturated heterocycles. The molecule has 3 atom stereocenters. The molecule has 0 amide bonds. The van der Waals surface area contributed by atoms with Gasteiger partial charge in [-0.15, -0.1) is 0 Å². The molecular weight excluding hydrogens is 230 g/mol. The lowest BCUT2D eigenvalue weighted by molar-refractivity contribution is -0.136. The van der Waals surface area contributed by atoms with Crippen LogP contribution in [-0.4, -0.2) is 30.8 Å². The average Bonchev–Trinajstić information content (AvgIpc) is 2.15. The molecule has 0 heterocycles. The largest absolute Gasteiger partial charge is 0.480 e. The Morgan fingerprint density at radius 1 is 1.44 bits per heavy atom. The van der Waals surface area contributed by atoms with Gasteiger partial charge >= 0.3 is 5.97 Å². The summed E-state index contributed by atoms with van der Waals surface area (Å²) in [6.45, 7) is 3.28. The van der Waals surface area contributed by atoms with E-state index in [1.54, 1.807) is 0 Å². The van der Waals surface area contributed by atoms with Gasteiger partial charge in [-0.2, -0.15) is 0 Å². The van der Waals surface area contributed by atoms with E-state index in [-0.39, 0.29) is 6.04 Å². The fourth-order valence-corrected chi connectivity index (χ4v) is 3.16. The zero-order valence-electron chi connectivity index (χ0n) is 9.64. The summed E-state index contributed by atoms with van der Waals surface area (Å²) in [4.78, 5) is 10.6. The van der Waals surface area contributed by atoms with Crippen LogP contribution >= 0.6 is 0 Å². The van der Waals surface area contributed by atoms with Crippen LogP contribution in [0.3, 0.4) is 0 Å². The molecule has 0 aromatic heterocycles. The number of aliphatic carboxylic acids is 1.